The van der Waals surface area contributed by atoms with Gasteiger partial charge in [0.05, 0.1) is 19.8 Å². The minimum atomic E-state index is -0.276. The van der Waals surface area contributed by atoms with Gasteiger partial charge in [0.25, 0.3) is 5.91 Å². The molecule has 0 radical (unpaired) electrons. The molecule has 2 heterocycles. The molecule has 3 rings (SSSR count). The highest BCUT2D eigenvalue weighted by molar-refractivity contribution is 6.31. The molecule has 1 aromatic heterocycles. The number of ether oxygens (including phenoxy) is 1. The van der Waals surface area contributed by atoms with Gasteiger partial charge >= 0.3 is 0 Å². The number of hydrogen-bond donors (Lipinski definition) is 1. The van der Waals surface area contributed by atoms with E-state index in [1.54, 1.807) is 12.1 Å². The number of morpholine rings is 1. The van der Waals surface area contributed by atoms with Gasteiger partial charge in [-0.2, -0.15) is 0 Å². The molecular formula is C16H18ClN3O3. The fraction of sp³-hybridized carbons (Fsp3) is 0.375. The predicted octanol–water partition coefficient (Wildman–Crippen LogP) is 2.09. The Morgan fingerprint density at radius 2 is 2.09 bits per heavy atom. The van der Waals surface area contributed by atoms with Crippen LogP contribution in [-0.4, -0.2) is 42.3 Å². The minimum Gasteiger partial charge on any atom is -0.379 e. The number of nitrogens with zero attached hydrogens (tertiary/aromatic N) is 2. The van der Waals surface area contributed by atoms with E-state index in [2.05, 4.69) is 15.4 Å². The molecule has 1 aliphatic rings. The standard InChI is InChI=1S/C16H18ClN3O3/c17-14-4-2-1-3-12(14)10-18-16(21)15-9-13(23-19-15)11-20-5-7-22-8-6-20/h1-4,9H,5-8,10-11H2,(H,18,21). The van der Waals surface area contributed by atoms with Gasteiger partial charge in [-0.15, -0.1) is 0 Å². The van der Waals surface area contributed by atoms with Crippen LogP contribution in [0.4, 0.5) is 0 Å². The Morgan fingerprint density at radius 1 is 1.30 bits per heavy atom. The molecule has 6 nitrogen and oxygen atoms in total. The molecule has 1 aromatic carbocycles. The zero-order valence-corrected chi connectivity index (χ0v) is 13.4. The lowest BCUT2D eigenvalue weighted by molar-refractivity contribution is 0.0305. The summed E-state index contributed by atoms with van der Waals surface area (Å²) in [7, 11) is 0. The molecule has 1 amide bonds. The lowest BCUT2D eigenvalue weighted by Crippen LogP contribution is -2.35. The average molecular weight is 336 g/mol. The molecule has 1 aliphatic heterocycles. The number of hydrogen-bond acceptors (Lipinski definition) is 5. The van der Waals surface area contributed by atoms with Crippen LogP contribution in [0.2, 0.25) is 5.02 Å². The molecule has 1 N–H and O–H groups in total. The second-order valence-electron chi connectivity index (χ2n) is 5.34. The molecular weight excluding hydrogens is 318 g/mol. The molecule has 7 heteroatoms. The first-order chi connectivity index (χ1) is 11.2. The third-order valence-electron chi connectivity index (χ3n) is 3.67. The fourth-order valence-electron chi connectivity index (χ4n) is 2.38. The highest BCUT2D eigenvalue weighted by Crippen LogP contribution is 2.15. The largest absolute Gasteiger partial charge is 0.379 e. The first-order valence-corrected chi connectivity index (χ1v) is 7.87. The van der Waals surface area contributed by atoms with Crippen molar-refractivity contribution in [1.29, 1.82) is 0 Å². The molecule has 0 aliphatic carbocycles. The Labute approximate surface area is 139 Å². The molecule has 0 saturated carbocycles. The summed E-state index contributed by atoms with van der Waals surface area (Å²) in [5, 5.41) is 7.26. The number of carbonyl (C=O) groups is 1. The molecule has 0 unspecified atom stereocenters. The van der Waals surface area contributed by atoms with Crippen molar-refractivity contribution in [3.8, 4) is 0 Å². The van der Waals surface area contributed by atoms with Crippen molar-refractivity contribution < 1.29 is 14.1 Å². The Kier molecular flexibility index (Phi) is 5.27. The second kappa shape index (κ2) is 7.59. The van der Waals surface area contributed by atoms with E-state index in [-0.39, 0.29) is 11.6 Å². The minimum absolute atomic E-state index is 0.276. The zero-order valence-electron chi connectivity index (χ0n) is 12.6. The second-order valence-corrected chi connectivity index (χ2v) is 5.75. The van der Waals surface area contributed by atoms with Crippen LogP contribution in [0.25, 0.3) is 0 Å². The van der Waals surface area contributed by atoms with Crippen LogP contribution in [0.15, 0.2) is 34.9 Å². The lowest BCUT2D eigenvalue weighted by atomic mass is 10.2. The van der Waals surface area contributed by atoms with Crippen LogP contribution in [0.1, 0.15) is 21.8 Å². The van der Waals surface area contributed by atoms with Gasteiger partial charge in [0.1, 0.15) is 0 Å². The maximum absolute atomic E-state index is 12.1. The normalized spacial score (nSPS) is 15.5. The Bertz CT molecular complexity index is 668. The molecule has 122 valence electrons. The summed E-state index contributed by atoms with van der Waals surface area (Å²) in [5.74, 6) is 0.400. The monoisotopic (exact) mass is 335 g/mol. The summed E-state index contributed by atoms with van der Waals surface area (Å²) in [6.45, 7) is 4.14. The predicted molar refractivity (Wildman–Crippen MR) is 85.2 cm³/mol. The highest BCUT2D eigenvalue weighted by atomic mass is 35.5. The highest BCUT2D eigenvalue weighted by Gasteiger charge is 2.16. The van der Waals surface area contributed by atoms with E-state index in [9.17, 15) is 4.79 Å². The fourth-order valence-corrected chi connectivity index (χ4v) is 2.58. The van der Waals surface area contributed by atoms with Gasteiger partial charge in [0.2, 0.25) is 0 Å². The SMILES string of the molecule is O=C(NCc1ccccc1Cl)c1cc(CN2CCOCC2)on1. The number of rotatable bonds is 5. The maximum atomic E-state index is 12.1. The summed E-state index contributed by atoms with van der Waals surface area (Å²) in [5.41, 5.74) is 1.14. The van der Waals surface area contributed by atoms with Gasteiger partial charge in [-0.3, -0.25) is 9.69 Å². The van der Waals surface area contributed by atoms with E-state index >= 15 is 0 Å². The van der Waals surface area contributed by atoms with Crippen LogP contribution in [0, 0.1) is 0 Å². The van der Waals surface area contributed by atoms with Crippen LogP contribution in [0.5, 0.6) is 0 Å². The van der Waals surface area contributed by atoms with Crippen molar-refractivity contribution in [3.05, 3.63) is 52.4 Å². The Morgan fingerprint density at radius 3 is 2.87 bits per heavy atom. The zero-order chi connectivity index (χ0) is 16.1. The molecule has 1 saturated heterocycles. The molecule has 0 spiro atoms. The van der Waals surface area contributed by atoms with Crippen molar-refractivity contribution in [1.82, 2.24) is 15.4 Å². The van der Waals surface area contributed by atoms with Gasteiger partial charge in [0.15, 0.2) is 11.5 Å². The van der Waals surface area contributed by atoms with Crippen molar-refractivity contribution in [2.24, 2.45) is 0 Å². The van der Waals surface area contributed by atoms with Crippen LogP contribution >= 0.6 is 11.6 Å². The number of benzene rings is 1. The summed E-state index contributed by atoms with van der Waals surface area (Å²) in [6.07, 6.45) is 0. The summed E-state index contributed by atoms with van der Waals surface area (Å²) in [6, 6.07) is 9.07. The van der Waals surface area contributed by atoms with Gasteiger partial charge in [-0.1, -0.05) is 35.0 Å². The Hall–Kier alpha value is -1.89. The number of halogens is 1. The van der Waals surface area contributed by atoms with Gasteiger partial charge in [-0.25, -0.2) is 0 Å². The van der Waals surface area contributed by atoms with Crippen LogP contribution in [-0.2, 0) is 17.8 Å². The van der Waals surface area contributed by atoms with Crippen LogP contribution in [0.3, 0.4) is 0 Å². The van der Waals surface area contributed by atoms with E-state index in [0.717, 1.165) is 31.9 Å². The molecule has 0 bridgehead atoms. The number of nitrogens with one attached hydrogen (secondary N) is 1. The summed E-state index contributed by atoms with van der Waals surface area (Å²) in [4.78, 5) is 14.3. The number of carbonyl (C=O) groups excluding carboxylic acids is 1. The topological polar surface area (TPSA) is 67.6 Å². The van der Waals surface area contributed by atoms with E-state index in [1.807, 2.05) is 18.2 Å². The summed E-state index contributed by atoms with van der Waals surface area (Å²) >= 11 is 6.07. The number of aromatic nitrogens is 1. The van der Waals surface area contributed by atoms with Gasteiger partial charge < -0.3 is 14.6 Å². The van der Waals surface area contributed by atoms with E-state index in [4.69, 9.17) is 20.9 Å². The van der Waals surface area contributed by atoms with E-state index in [1.165, 1.54) is 0 Å². The Balaban J connectivity index is 1.54. The summed E-state index contributed by atoms with van der Waals surface area (Å²) < 4.78 is 10.5. The molecule has 2 aromatic rings. The first-order valence-electron chi connectivity index (χ1n) is 7.49. The molecule has 23 heavy (non-hydrogen) atoms. The smallest absolute Gasteiger partial charge is 0.273 e. The van der Waals surface area contributed by atoms with Crippen LogP contribution < -0.4 is 5.32 Å². The van der Waals surface area contributed by atoms with Gasteiger partial charge in [-0.05, 0) is 11.6 Å². The van der Waals surface area contributed by atoms with Crippen molar-refractivity contribution >= 4 is 17.5 Å². The lowest BCUT2D eigenvalue weighted by Gasteiger charge is -2.25. The number of amides is 1. The van der Waals surface area contributed by atoms with Crippen molar-refractivity contribution in [2.45, 2.75) is 13.1 Å². The average Bonchev–Trinajstić information content (AvgIpc) is 3.03. The first kappa shape index (κ1) is 16.0. The molecule has 1 fully saturated rings. The quantitative estimate of drug-likeness (QED) is 0.906. The van der Waals surface area contributed by atoms with Crippen molar-refractivity contribution in [3.63, 3.8) is 0 Å². The van der Waals surface area contributed by atoms with Gasteiger partial charge in [0, 0.05) is 30.7 Å². The van der Waals surface area contributed by atoms with E-state index in [0.29, 0.717) is 23.9 Å². The third kappa shape index (κ3) is 4.31. The third-order valence-corrected chi connectivity index (χ3v) is 4.04. The molecule has 0 atom stereocenters. The van der Waals surface area contributed by atoms with Crippen molar-refractivity contribution in [2.75, 3.05) is 26.3 Å². The maximum Gasteiger partial charge on any atom is 0.273 e. The van der Waals surface area contributed by atoms with E-state index < -0.39 is 0 Å².